The Labute approximate surface area is 65.2 Å². The minimum atomic E-state index is -0.515. The average molecular weight is 248 g/mol. The molecule has 0 saturated carbocycles. The van der Waals surface area contributed by atoms with Gasteiger partial charge in [0.2, 0.25) is 0 Å². The Bertz CT molecular complexity index is 58.0. The van der Waals surface area contributed by atoms with Crippen LogP contribution in [0.5, 0.6) is 0 Å². The largest absolute Gasteiger partial charge is 0.395 e. The highest BCUT2D eigenvalue weighted by molar-refractivity contribution is 9.10. The predicted octanol–water partition coefficient (Wildman–Crippen LogP) is 0.846. The lowest BCUT2D eigenvalue weighted by Crippen LogP contribution is -2.10. The molecule has 0 saturated heterocycles. The SMILES string of the molecule is OCC(Br)CC(O)Br. The fourth-order valence-electron chi connectivity index (χ4n) is 0.286. The molecule has 0 aromatic rings. The van der Waals surface area contributed by atoms with Crippen LogP contribution < -0.4 is 0 Å². The van der Waals surface area contributed by atoms with Gasteiger partial charge in [-0.25, -0.2) is 0 Å². The van der Waals surface area contributed by atoms with Crippen molar-refractivity contribution in [3.63, 3.8) is 0 Å². The Morgan fingerprint density at radius 2 is 1.88 bits per heavy atom. The molecule has 0 aliphatic carbocycles. The van der Waals surface area contributed by atoms with Crippen molar-refractivity contribution in [3.05, 3.63) is 0 Å². The highest BCUT2D eigenvalue weighted by Crippen LogP contribution is 2.10. The van der Waals surface area contributed by atoms with Crippen LogP contribution >= 0.6 is 31.9 Å². The monoisotopic (exact) mass is 246 g/mol. The molecule has 0 radical (unpaired) electrons. The lowest BCUT2D eigenvalue weighted by molar-refractivity contribution is 0.231. The maximum absolute atomic E-state index is 8.63. The normalized spacial score (nSPS) is 18.0. The third-order valence-corrected chi connectivity index (χ3v) is 1.69. The molecule has 0 heterocycles. The first-order valence-corrected chi connectivity index (χ1v) is 4.07. The van der Waals surface area contributed by atoms with Crippen molar-refractivity contribution in [3.8, 4) is 0 Å². The first-order chi connectivity index (χ1) is 3.66. The van der Waals surface area contributed by atoms with Gasteiger partial charge in [-0.3, -0.25) is 0 Å². The number of aliphatic hydroxyl groups is 2. The summed E-state index contributed by atoms with van der Waals surface area (Å²) in [5.74, 6) is 0. The summed E-state index contributed by atoms with van der Waals surface area (Å²) in [5, 5.41) is 16.5. The number of aliphatic hydroxyl groups excluding tert-OH is 2. The van der Waals surface area contributed by atoms with Crippen LogP contribution in [0.3, 0.4) is 0 Å². The molecule has 0 aliphatic heterocycles. The van der Waals surface area contributed by atoms with Crippen LogP contribution in [0.15, 0.2) is 0 Å². The van der Waals surface area contributed by atoms with E-state index in [1.54, 1.807) is 0 Å². The van der Waals surface area contributed by atoms with E-state index in [1.165, 1.54) is 0 Å². The summed E-state index contributed by atoms with van der Waals surface area (Å²) in [5.41, 5.74) is 0. The highest BCUT2D eigenvalue weighted by Gasteiger charge is 2.05. The average Bonchev–Trinajstić information content (AvgIpc) is 1.65. The summed E-state index contributed by atoms with van der Waals surface area (Å²) >= 11 is 6.07. The molecule has 2 atom stereocenters. The van der Waals surface area contributed by atoms with Crippen molar-refractivity contribution < 1.29 is 10.2 Å². The van der Waals surface area contributed by atoms with Crippen LogP contribution in [0, 0.1) is 0 Å². The Kier molecular flexibility index (Phi) is 5.25. The van der Waals surface area contributed by atoms with Gasteiger partial charge >= 0.3 is 0 Å². The summed E-state index contributed by atoms with van der Waals surface area (Å²) in [6.45, 7) is 0.0582. The van der Waals surface area contributed by atoms with Crippen molar-refractivity contribution in [2.45, 2.75) is 16.3 Å². The fraction of sp³-hybridized carbons (Fsp3) is 1.00. The summed E-state index contributed by atoms with van der Waals surface area (Å²) in [7, 11) is 0. The Morgan fingerprint density at radius 3 is 2.00 bits per heavy atom. The molecule has 8 heavy (non-hydrogen) atoms. The number of alkyl halides is 2. The highest BCUT2D eigenvalue weighted by atomic mass is 79.9. The second-order valence-electron chi connectivity index (χ2n) is 1.45. The molecule has 2 unspecified atom stereocenters. The van der Waals surface area contributed by atoms with Gasteiger partial charge in [-0.1, -0.05) is 31.9 Å². The minimum Gasteiger partial charge on any atom is -0.395 e. The van der Waals surface area contributed by atoms with E-state index in [9.17, 15) is 0 Å². The van der Waals surface area contributed by atoms with E-state index < -0.39 is 5.01 Å². The van der Waals surface area contributed by atoms with Crippen molar-refractivity contribution in [2.75, 3.05) is 6.61 Å². The summed E-state index contributed by atoms with van der Waals surface area (Å²) < 4.78 is 0. The van der Waals surface area contributed by atoms with Gasteiger partial charge in [-0.15, -0.1) is 0 Å². The first kappa shape index (κ1) is 8.88. The zero-order valence-electron chi connectivity index (χ0n) is 4.22. The summed E-state index contributed by atoms with van der Waals surface area (Å²) in [6, 6.07) is 0. The zero-order valence-corrected chi connectivity index (χ0v) is 7.39. The van der Waals surface area contributed by atoms with Crippen LogP contribution in [0.4, 0.5) is 0 Å². The second kappa shape index (κ2) is 4.73. The predicted molar refractivity (Wildman–Crippen MR) is 39.4 cm³/mol. The maximum atomic E-state index is 8.63. The van der Waals surface area contributed by atoms with Crippen molar-refractivity contribution in [1.29, 1.82) is 0 Å². The fourth-order valence-corrected chi connectivity index (χ4v) is 1.59. The number of hydrogen-bond acceptors (Lipinski definition) is 2. The van der Waals surface area contributed by atoms with Gasteiger partial charge < -0.3 is 10.2 Å². The van der Waals surface area contributed by atoms with E-state index in [4.69, 9.17) is 10.2 Å². The van der Waals surface area contributed by atoms with Crippen LogP contribution in [-0.4, -0.2) is 26.7 Å². The smallest absolute Gasteiger partial charge is 0.110 e. The molecule has 2 nitrogen and oxygen atoms in total. The third kappa shape index (κ3) is 5.03. The van der Waals surface area contributed by atoms with Crippen molar-refractivity contribution in [2.24, 2.45) is 0 Å². The number of rotatable bonds is 3. The molecule has 0 aliphatic rings. The van der Waals surface area contributed by atoms with Crippen LogP contribution in [0.25, 0.3) is 0 Å². The lowest BCUT2D eigenvalue weighted by Gasteiger charge is -2.05. The standard InChI is InChI=1S/C4H8Br2O2/c5-3(2-7)1-4(6)8/h3-4,7-8H,1-2H2. The number of halogens is 2. The molecule has 0 fully saturated rings. The molecule has 0 rings (SSSR count). The van der Waals surface area contributed by atoms with Gasteiger partial charge in [-0.2, -0.15) is 0 Å². The van der Waals surface area contributed by atoms with Gasteiger partial charge in [0.15, 0.2) is 0 Å². The maximum Gasteiger partial charge on any atom is 0.110 e. The second-order valence-corrected chi connectivity index (χ2v) is 3.80. The van der Waals surface area contributed by atoms with E-state index >= 15 is 0 Å². The first-order valence-electron chi connectivity index (χ1n) is 2.24. The quantitative estimate of drug-likeness (QED) is 0.726. The number of hydrogen-bond donors (Lipinski definition) is 2. The molecule has 4 heteroatoms. The molecule has 0 bridgehead atoms. The molecule has 0 aromatic heterocycles. The minimum absolute atomic E-state index is 0.00289. The topological polar surface area (TPSA) is 40.5 Å². The Balaban J connectivity index is 3.10. The van der Waals surface area contributed by atoms with E-state index in [2.05, 4.69) is 31.9 Å². The summed E-state index contributed by atoms with van der Waals surface area (Å²) in [6.07, 6.45) is 0.524. The van der Waals surface area contributed by atoms with Gasteiger partial charge in [0, 0.05) is 4.83 Å². The molecule has 0 spiro atoms. The van der Waals surface area contributed by atoms with Crippen molar-refractivity contribution >= 4 is 31.9 Å². The lowest BCUT2D eigenvalue weighted by atomic mass is 10.3. The van der Waals surface area contributed by atoms with Crippen LogP contribution in [0.1, 0.15) is 6.42 Å². The van der Waals surface area contributed by atoms with Crippen molar-refractivity contribution in [1.82, 2.24) is 0 Å². The Hall–Kier alpha value is 0.880. The van der Waals surface area contributed by atoms with Crippen LogP contribution in [-0.2, 0) is 0 Å². The molecular weight excluding hydrogens is 240 g/mol. The van der Waals surface area contributed by atoms with E-state index in [1.807, 2.05) is 0 Å². The van der Waals surface area contributed by atoms with Gasteiger partial charge in [-0.05, 0) is 6.42 Å². The summed E-state index contributed by atoms with van der Waals surface area (Å²) in [4.78, 5) is -0.00289. The zero-order chi connectivity index (χ0) is 6.57. The molecule has 0 aromatic carbocycles. The van der Waals surface area contributed by atoms with E-state index in [0.717, 1.165) is 0 Å². The van der Waals surface area contributed by atoms with Crippen LogP contribution in [0.2, 0.25) is 0 Å². The van der Waals surface area contributed by atoms with E-state index in [0.29, 0.717) is 6.42 Å². The molecule has 50 valence electrons. The van der Waals surface area contributed by atoms with Gasteiger partial charge in [0.25, 0.3) is 0 Å². The Morgan fingerprint density at radius 1 is 1.38 bits per heavy atom. The van der Waals surface area contributed by atoms with Gasteiger partial charge in [0.1, 0.15) is 5.01 Å². The molecule has 0 amide bonds. The molecular formula is C4H8Br2O2. The third-order valence-electron chi connectivity index (χ3n) is 0.648. The molecule has 2 N–H and O–H groups in total. The van der Waals surface area contributed by atoms with Gasteiger partial charge in [0.05, 0.1) is 6.61 Å². The van der Waals surface area contributed by atoms with E-state index in [-0.39, 0.29) is 11.4 Å².